The number of nitrogens with zero attached hydrogens (tertiary/aromatic N) is 7. The molecule has 7 nitrogen and oxygen atoms in total. The van der Waals surface area contributed by atoms with Crippen LogP contribution in [0.5, 0.6) is 0 Å². The van der Waals surface area contributed by atoms with E-state index in [4.69, 9.17) is 26.7 Å². The minimum atomic E-state index is -0.263. The van der Waals surface area contributed by atoms with Crippen molar-refractivity contribution in [2.45, 2.75) is 0 Å². The molecular formula is C9N7-. The van der Waals surface area contributed by atoms with Gasteiger partial charge in [-0.25, -0.2) is 0 Å². The molecule has 0 aromatic heterocycles. The van der Waals surface area contributed by atoms with Crippen LogP contribution in [0.4, 0.5) is 0 Å². The van der Waals surface area contributed by atoms with Crippen LogP contribution in [0.2, 0.25) is 0 Å². The molecular weight excluding hydrogens is 206 g/mol. The van der Waals surface area contributed by atoms with E-state index in [1.165, 1.54) is 0 Å². The molecule has 0 aromatic carbocycles. The standard InChI is InChI=1S/C9N7/c10-1-5-6(2-11)8(4-13)9(15-16-14)7(5)3-12/q-1. The first-order chi connectivity index (χ1) is 7.74. The van der Waals surface area contributed by atoms with Crippen LogP contribution in [-0.4, -0.2) is 5.87 Å². The van der Waals surface area contributed by atoms with E-state index in [9.17, 15) is 0 Å². The van der Waals surface area contributed by atoms with Crippen molar-refractivity contribution in [3.05, 3.63) is 43.8 Å². The Hall–Kier alpha value is -3.29. The highest BCUT2D eigenvalue weighted by Gasteiger charge is 2.28. The second-order valence-corrected chi connectivity index (χ2v) is 2.49. The van der Waals surface area contributed by atoms with E-state index >= 15 is 0 Å². The van der Waals surface area contributed by atoms with Crippen LogP contribution < -0.4 is 0 Å². The predicted octanol–water partition coefficient (Wildman–Crippen LogP) is 1.60. The molecule has 16 heavy (non-hydrogen) atoms. The van der Waals surface area contributed by atoms with Crippen LogP contribution >= 0.6 is 0 Å². The van der Waals surface area contributed by atoms with Gasteiger partial charge in [0.1, 0.15) is 18.2 Å². The molecule has 0 fully saturated rings. The van der Waals surface area contributed by atoms with Gasteiger partial charge in [-0.15, -0.1) is 0 Å². The summed E-state index contributed by atoms with van der Waals surface area (Å²) in [6, 6.07) is 4.92. The molecule has 0 amide bonds. The van der Waals surface area contributed by atoms with Crippen LogP contribution in [0, 0.1) is 34.0 Å². The summed E-state index contributed by atoms with van der Waals surface area (Å²) in [6.45, 7) is 0. The van der Waals surface area contributed by atoms with Gasteiger partial charge in [-0.3, -0.25) is 5.87 Å². The second-order valence-electron chi connectivity index (χ2n) is 2.49. The summed E-state index contributed by atoms with van der Waals surface area (Å²) in [5.74, 6) is 1.64. The highest BCUT2D eigenvalue weighted by Crippen LogP contribution is 2.35. The van der Waals surface area contributed by atoms with Gasteiger partial charge in [-0.2, -0.15) is 15.8 Å². The molecule has 72 valence electrons. The fraction of sp³-hybridized carbons (Fsp3) is 0. The summed E-state index contributed by atoms with van der Waals surface area (Å²) < 4.78 is 0. The Labute approximate surface area is 89.6 Å². The molecule has 1 aliphatic rings. The van der Waals surface area contributed by atoms with E-state index in [1.54, 1.807) is 24.1 Å². The molecule has 0 unspecified atom stereocenters. The lowest BCUT2D eigenvalue weighted by molar-refractivity contribution is 1.31. The lowest BCUT2D eigenvalue weighted by atomic mass is 10.1. The summed E-state index contributed by atoms with van der Waals surface area (Å²) in [7, 11) is 0. The van der Waals surface area contributed by atoms with Crippen molar-refractivity contribution in [1.82, 2.24) is 0 Å². The average molecular weight is 206 g/mol. The van der Waals surface area contributed by atoms with Gasteiger partial charge in [0.2, 0.25) is 0 Å². The average Bonchev–Trinajstić information content (AvgIpc) is 2.61. The van der Waals surface area contributed by atoms with Crippen molar-refractivity contribution >= 4 is 5.87 Å². The summed E-state index contributed by atoms with van der Waals surface area (Å²) in [6.07, 6.45) is 0. The molecule has 1 aliphatic carbocycles. The Morgan fingerprint density at radius 2 is 1.56 bits per heavy atom. The van der Waals surface area contributed by atoms with Crippen molar-refractivity contribution < 1.29 is 0 Å². The fourth-order valence-electron chi connectivity index (χ4n) is 1.20. The van der Waals surface area contributed by atoms with E-state index in [-0.39, 0.29) is 28.0 Å². The molecule has 0 saturated carbocycles. The zero-order valence-electron chi connectivity index (χ0n) is 7.63. The topological polar surface area (TPSA) is 142 Å². The lowest BCUT2D eigenvalue weighted by Crippen LogP contribution is -1.85. The summed E-state index contributed by atoms with van der Waals surface area (Å²) in [4.78, 5) is 2.45. The molecule has 7 heteroatoms. The van der Waals surface area contributed by atoms with Gasteiger partial charge in [0.05, 0.1) is 22.4 Å². The third-order valence-electron chi connectivity index (χ3n) is 1.82. The first kappa shape index (κ1) is 10.8. The molecule has 0 atom stereocenters. The Morgan fingerprint density at radius 1 is 1.00 bits per heavy atom. The van der Waals surface area contributed by atoms with Crippen molar-refractivity contribution in [3.63, 3.8) is 0 Å². The quantitative estimate of drug-likeness (QED) is 0.278. The number of azide groups is 1. The molecule has 0 bridgehead atoms. The monoisotopic (exact) mass is 206 g/mol. The van der Waals surface area contributed by atoms with Crippen LogP contribution in [0.1, 0.15) is 0 Å². The third kappa shape index (κ3) is 1.32. The number of hydrogen-bond acceptors (Lipinski definition) is 4. The summed E-state index contributed by atoms with van der Waals surface area (Å²) >= 11 is 0. The highest BCUT2D eigenvalue weighted by atomic mass is 15.1. The van der Waals surface area contributed by atoms with Crippen LogP contribution in [0.25, 0.3) is 15.9 Å². The van der Waals surface area contributed by atoms with Gasteiger partial charge in [-0.1, -0.05) is 5.11 Å². The highest BCUT2D eigenvalue weighted by molar-refractivity contribution is 5.86. The Kier molecular flexibility index (Phi) is 2.89. The van der Waals surface area contributed by atoms with Gasteiger partial charge in [-0.05, 0) is 5.53 Å². The maximum Gasteiger partial charge on any atom is 0.102 e. The molecule has 0 aromatic rings. The van der Waals surface area contributed by atoms with Crippen LogP contribution in [0.3, 0.4) is 0 Å². The number of allylic oxidation sites excluding steroid dienone is 3. The lowest BCUT2D eigenvalue weighted by Gasteiger charge is -1.96. The smallest absolute Gasteiger partial charge is 0.102 e. The zero-order chi connectivity index (χ0) is 12.1. The van der Waals surface area contributed by atoms with Crippen LogP contribution in [0.15, 0.2) is 33.1 Å². The van der Waals surface area contributed by atoms with E-state index < -0.39 is 0 Å². The second kappa shape index (κ2) is 4.28. The Bertz CT molecular complexity index is 643. The van der Waals surface area contributed by atoms with E-state index in [0.29, 0.717) is 0 Å². The minimum absolute atomic E-state index is 0.232. The summed E-state index contributed by atoms with van der Waals surface area (Å²) in [5.41, 5.74) is 7.07. The number of hydrogen-bond donors (Lipinski definition) is 0. The van der Waals surface area contributed by atoms with Crippen molar-refractivity contribution in [3.8, 4) is 18.2 Å². The van der Waals surface area contributed by atoms with Gasteiger partial charge >= 0.3 is 0 Å². The molecule has 0 heterocycles. The largest absolute Gasteiger partial charge is 0.763 e. The zero-order valence-corrected chi connectivity index (χ0v) is 7.63. The van der Waals surface area contributed by atoms with E-state index in [0.717, 1.165) is 0 Å². The summed E-state index contributed by atoms with van der Waals surface area (Å²) in [5, 5.41) is 38.3. The van der Waals surface area contributed by atoms with Crippen molar-refractivity contribution in [2.24, 2.45) is 5.11 Å². The Balaban J connectivity index is 3.75. The maximum atomic E-state index is 8.78. The van der Waals surface area contributed by atoms with Gasteiger partial charge in [0.15, 0.2) is 0 Å². The van der Waals surface area contributed by atoms with Gasteiger partial charge < -0.3 is 5.41 Å². The van der Waals surface area contributed by atoms with Crippen molar-refractivity contribution in [2.75, 3.05) is 0 Å². The minimum Gasteiger partial charge on any atom is -0.763 e. The molecule has 0 spiro atoms. The first-order valence-electron chi connectivity index (χ1n) is 3.77. The van der Waals surface area contributed by atoms with Gasteiger partial charge in [0, 0.05) is 10.5 Å². The molecule has 0 radical (unpaired) electrons. The van der Waals surface area contributed by atoms with E-state index in [2.05, 4.69) is 10.0 Å². The number of rotatable bonds is 1. The molecule has 0 saturated heterocycles. The normalized spacial score (nSPS) is 13.4. The maximum absolute atomic E-state index is 8.78. The Morgan fingerprint density at radius 3 is 1.94 bits per heavy atom. The number of nitriles is 3. The van der Waals surface area contributed by atoms with Gasteiger partial charge in [0.25, 0.3) is 0 Å². The molecule has 0 aliphatic heterocycles. The fourth-order valence-corrected chi connectivity index (χ4v) is 1.20. The first-order valence-corrected chi connectivity index (χ1v) is 3.77. The van der Waals surface area contributed by atoms with E-state index in [1.807, 2.05) is 0 Å². The van der Waals surface area contributed by atoms with Crippen molar-refractivity contribution in [1.29, 1.82) is 15.8 Å². The molecule has 1 rings (SSSR count). The third-order valence-corrected chi connectivity index (χ3v) is 1.82. The predicted molar refractivity (Wildman–Crippen MR) is 51.9 cm³/mol. The van der Waals surface area contributed by atoms with Crippen LogP contribution in [-0.2, 0) is 0 Å². The SMILES string of the molecule is N#CC1=C(C#N)C(C#N)=C(N=[N+]=[N-])C1=C=[N-]. The molecule has 0 N–H and O–H groups in total.